The molecule has 0 amide bonds. The zero-order valence-corrected chi connectivity index (χ0v) is 9.57. The van der Waals surface area contributed by atoms with Crippen LogP contribution in [-0.4, -0.2) is 17.5 Å². The van der Waals surface area contributed by atoms with Crippen LogP contribution in [0.2, 0.25) is 0 Å². The summed E-state index contributed by atoms with van der Waals surface area (Å²) in [4.78, 5) is 22.7. The lowest BCUT2D eigenvalue weighted by Gasteiger charge is -2.06. The van der Waals surface area contributed by atoms with Crippen molar-refractivity contribution in [2.24, 2.45) is 0 Å². The fourth-order valence-electron chi connectivity index (χ4n) is 1.51. The molecular formula is C13H10F2O3. The molecule has 2 rings (SSSR count). The standard InChI is InChI=1S/C13H10F2O3/c1-13(14,15)12(17)7-9(16)11-6-8-4-2-3-5-10(8)18-11/h2-6H,7H2,1H3. The van der Waals surface area contributed by atoms with Gasteiger partial charge in [0.2, 0.25) is 11.6 Å². The average Bonchev–Trinajstić information content (AvgIpc) is 2.71. The Bertz CT molecular complexity index is 575. The number of hydrogen-bond acceptors (Lipinski definition) is 3. The van der Waals surface area contributed by atoms with Crippen molar-refractivity contribution in [3.63, 3.8) is 0 Å². The molecule has 0 bridgehead atoms. The van der Waals surface area contributed by atoms with Crippen molar-refractivity contribution in [3.8, 4) is 0 Å². The summed E-state index contributed by atoms with van der Waals surface area (Å²) >= 11 is 0. The minimum Gasteiger partial charge on any atom is -0.453 e. The lowest BCUT2D eigenvalue weighted by Crippen LogP contribution is -2.26. The summed E-state index contributed by atoms with van der Waals surface area (Å²) in [6.07, 6.45) is -0.858. The number of Topliss-reactive ketones (excluding diaryl/α,β-unsaturated/α-hetero) is 2. The fraction of sp³-hybridized carbons (Fsp3) is 0.231. The molecule has 0 atom stereocenters. The van der Waals surface area contributed by atoms with E-state index in [4.69, 9.17) is 4.42 Å². The number of carbonyl (C=O) groups excluding carboxylic acids is 2. The minimum atomic E-state index is -3.50. The van der Waals surface area contributed by atoms with Crippen molar-refractivity contribution in [2.45, 2.75) is 19.3 Å². The highest BCUT2D eigenvalue weighted by Crippen LogP contribution is 2.22. The van der Waals surface area contributed by atoms with Crippen molar-refractivity contribution in [2.75, 3.05) is 0 Å². The van der Waals surface area contributed by atoms with E-state index in [1.807, 2.05) is 0 Å². The molecule has 2 aromatic rings. The van der Waals surface area contributed by atoms with Gasteiger partial charge in [0.1, 0.15) is 5.58 Å². The molecule has 0 aliphatic carbocycles. The molecule has 1 aromatic heterocycles. The van der Waals surface area contributed by atoms with Crippen LogP contribution in [0.25, 0.3) is 11.0 Å². The highest BCUT2D eigenvalue weighted by Gasteiger charge is 2.34. The number of para-hydroxylation sites is 1. The Kier molecular flexibility index (Phi) is 2.98. The van der Waals surface area contributed by atoms with Crippen LogP contribution >= 0.6 is 0 Å². The van der Waals surface area contributed by atoms with E-state index in [0.717, 1.165) is 0 Å². The van der Waals surface area contributed by atoms with Crippen LogP contribution in [-0.2, 0) is 4.79 Å². The minimum absolute atomic E-state index is 0.0752. The van der Waals surface area contributed by atoms with E-state index in [9.17, 15) is 18.4 Å². The maximum absolute atomic E-state index is 12.7. The normalized spacial score (nSPS) is 11.7. The number of halogens is 2. The number of benzene rings is 1. The summed E-state index contributed by atoms with van der Waals surface area (Å²) in [7, 11) is 0. The zero-order chi connectivity index (χ0) is 13.3. The van der Waals surface area contributed by atoms with E-state index < -0.39 is 23.9 Å². The lowest BCUT2D eigenvalue weighted by molar-refractivity contribution is -0.139. The average molecular weight is 252 g/mol. The summed E-state index contributed by atoms with van der Waals surface area (Å²) in [6.45, 7) is 0.473. The molecule has 18 heavy (non-hydrogen) atoms. The second-order valence-corrected chi connectivity index (χ2v) is 4.06. The summed E-state index contributed by atoms with van der Waals surface area (Å²) in [5, 5.41) is 0.691. The highest BCUT2D eigenvalue weighted by atomic mass is 19.3. The summed E-state index contributed by atoms with van der Waals surface area (Å²) in [6, 6.07) is 8.32. The van der Waals surface area contributed by atoms with Gasteiger partial charge >= 0.3 is 5.92 Å². The molecule has 94 valence electrons. The summed E-state index contributed by atoms with van der Waals surface area (Å²) in [5.74, 6) is -5.72. The zero-order valence-electron chi connectivity index (χ0n) is 9.57. The van der Waals surface area contributed by atoms with Crippen LogP contribution in [0.4, 0.5) is 8.78 Å². The van der Waals surface area contributed by atoms with Crippen molar-refractivity contribution in [1.82, 2.24) is 0 Å². The predicted molar refractivity (Wildman–Crippen MR) is 60.8 cm³/mol. The van der Waals surface area contributed by atoms with Crippen molar-refractivity contribution >= 4 is 22.5 Å². The van der Waals surface area contributed by atoms with Crippen LogP contribution in [0.15, 0.2) is 34.7 Å². The first-order chi connectivity index (χ1) is 8.38. The molecule has 0 saturated carbocycles. The number of carbonyl (C=O) groups is 2. The third-order valence-electron chi connectivity index (χ3n) is 2.51. The van der Waals surface area contributed by atoms with E-state index in [0.29, 0.717) is 17.9 Å². The van der Waals surface area contributed by atoms with Gasteiger partial charge in [-0.05, 0) is 12.1 Å². The van der Waals surface area contributed by atoms with Crippen molar-refractivity contribution in [1.29, 1.82) is 0 Å². The number of fused-ring (bicyclic) bond motifs is 1. The molecule has 0 N–H and O–H groups in total. The Hall–Kier alpha value is -2.04. The maximum Gasteiger partial charge on any atom is 0.303 e. The Balaban J connectivity index is 2.21. The molecule has 0 unspecified atom stereocenters. The van der Waals surface area contributed by atoms with E-state index in [1.54, 1.807) is 24.3 Å². The van der Waals surface area contributed by atoms with Gasteiger partial charge in [0.25, 0.3) is 0 Å². The Morgan fingerprint density at radius 2 is 1.94 bits per heavy atom. The van der Waals surface area contributed by atoms with Crippen LogP contribution in [0, 0.1) is 0 Å². The molecule has 0 spiro atoms. The monoisotopic (exact) mass is 252 g/mol. The molecule has 0 fully saturated rings. The first-order valence-corrected chi connectivity index (χ1v) is 5.31. The first kappa shape index (κ1) is 12.4. The van der Waals surface area contributed by atoms with Gasteiger partial charge in [-0.15, -0.1) is 0 Å². The molecule has 0 aliphatic rings. The number of ketones is 2. The number of furan rings is 1. The predicted octanol–water partition coefficient (Wildman–Crippen LogP) is 3.23. The van der Waals surface area contributed by atoms with E-state index in [-0.39, 0.29) is 5.76 Å². The Labute approximate surface area is 101 Å². The quantitative estimate of drug-likeness (QED) is 0.620. The molecule has 5 heteroatoms. The van der Waals surface area contributed by atoms with Gasteiger partial charge in [0.05, 0.1) is 6.42 Å². The van der Waals surface area contributed by atoms with Gasteiger partial charge in [-0.25, -0.2) is 0 Å². The number of rotatable bonds is 4. The Morgan fingerprint density at radius 1 is 1.28 bits per heavy atom. The fourth-order valence-corrected chi connectivity index (χ4v) is 1.51. The highest BCUT2D eigenvalue weighted by molar-refractivity contribution is 6.09. The summed E-state index contributed by atoms with van der Waals surface area (Å²) in [5.41, 5.74) is 0.483. The second-order valence-electron chi connectivity index (χ2n) is 4.06. The third kappa shape index (κ3) is 2.45. The smallest absolute Gasteiger partial charge is 0.303 e. The van der Waals surface area contributed by atoms with Crippen molar-refractivity contribution < 1.29 is 22.8 Å². The second kappa shape index (κ2) is 4.33. The molecule has 0 saturated heterocycles. The molecule has 0 radical (unpaired) electrons. The van der Waals surface area contributed by atoms with E-state index in [2.05, 4.69) is 0 Å². The summed E-state index contributed by atoms with van der Waals surface area (Å²) < 4.78 is 30.5. The third-order valence-corrected chi connectivity index (χ3v) is 2.51. The number of alkyl halides is 2. The SMILES string of the molecule is CC(F)(F)C(=O)CC(=O)c1cc2ccccc2o1. The molecule has 3 nitrogen and oxygen atoms in total. The van der Waals surface area contributed by atoms with E-state index in [1.165, 1.54) is 6.07 Å². The molecule has 1 aromatic carbocycles. The van der Waals surface area contributed by atoms with Crippen LogP contribution in [0.3, 0.4) is 0 Å². The van der Waals surface area contributed by atoms with Gasteiger partial charge in [-0.3, -0.25) is 9.59 Å². The molecule has 1 heterocycles. The molecular weight excluding hydrogens is 242 g/mol. The van der Waals surface area contributed by atoms with Crippen LogP contribution in [0.1, 0.15) is 23.9 Å². The van der Waals surface area contributed by atoms with Crippen LogP contribution < -0.4 is 0 Å². The van der Waals surface area contributed by atoms with Gasteiger partial charge in [-0.1, -0.05) is 18.2 Å². The van der Waals surface area contributed by atoms with Crippen molar-refractivity contribution in [3.05, 3.63) is 36.1 Å². The van der Waals surface area contributed by atoms with Crippen LogP contribution in [0.5, 0.6) is 0 Å². The topological polar surface area (TPSA) is 47.3 Å². The lowest BCUT2D eigenvalue weighted by atomic mass is 10.1. The van der Waals surface area contributed by atoms with Gasteiger partial charge < -0.3 is 4.42 Å². The largest absolute Gasteiger partial charge is 0.453 e. The van der Waals surface area contributed by atoms with E-state index >= 15 is 0 Å². The Morgan fingerprint density at radius 3 is 2.56 bits per heavy atom. The van der Waals surface area contributed by atoms with Gasteiger partial charge in [-0.2, -0.15) is 8.78 Å². The van der Waals surface area contributed by atoms with Gasteiger partial charge in [0.15, 0.2) is 5.76 Å². The maximum atomic E-state index is 12.7. The van der Waals surface area contributed by atoms with Gasteiger partial charge in [0, 0.05) is 12.3 Å². The number of hydrogen-bond donors (Lipinski definition) is 0. The first-order valence-electron chi connectivity index (χ1n) is 5.31. The molecule has 0 aliphatic heterocycles.